The third-order valence-corrected chi connectivity index (χ3v) is 4.89. The van der Waals surface area contributed by atoms with Gasteiger partial charge in [-0.1, -0.05) is 30.3 Å². The molecule has 1 aliphatic rings. The van der Waals surface area contributed by atoms with E-state index in [1.165, 1.54) is 11.3 Å². The van der Waals surface area contributed by atoms with Crippen LogP contribution in [0.2, 0.25) is 0 Å². The van der Waals surface area contributed by atoms with Crippen molar-refractivity contribution in [2.45, 2.75) is 19.4 Å². The Morgan fingerprint density at radius 3 is 2.65 bits per heavy atom. The summed E-state index contributed by atoms with van der Waals surface area (Å²) < 4.78 is 0. The molecule has 0 saturated carbocycles. The Bertz CT molecular complexity index is 635. The molecule has 23 heavy (non-hydrogen) atoms. The van der Waals surface area contributed by atoms with Gasteiger partial charge >= 0.3 is 0 Å². The number of rotatable bonds is 3. The van der Waals surface area contributed by atoms with Crippen LogP contribution in [0.5, 0.6) is 0 Å². The maximum Gasteiger partial charge on any atom is 0.273 e. The van der Waals surface area contributed by atoms with E-state index in [1.54, 1.807) is 0 Å². The summed E-state index contributed by atoms with van der Waals surface area (Å²) >= 11 is 1.51. The molecule has 126 valence electrons. The Balaban J connectivity index is 0.00000132. The van der Waals surface area contributed by atoms with Gasteiger partial charge in [-0.05, 0) is 25.8 Å². The summed E-state index contributed by atoms with van der Waals surface area (Å²) in [6, 6.07) is 10.2. The van der Waals surface area contributed by atoms with E-state index >= 15 is 0 Å². The molecule has 7 heteroatoms. The van der Waals surface area contributed by atoms with Gasteiger partial charge in [0, 0.05) is 23.5 Å². The highest BCUT2D eigenvalue weighted by molar-refractivity contribution is 7.13. The number of hydrogen-bond acceptors (Lipinski definition) is 4. The Kier molecular flexibility index (Phi) is 7.48. The normalized spacial score (nSPS) is 19.8. The maximum absolute atomic E-state index is 12.6. The van der Waals surface area contributed by atoms with Gasteiger partial charge in [-0.3, -0.25) is 4.79 Å². The number of likely N-dealkylation sites (tertiary alicyclic amines) is 1. The molecule has 2 atom stereocenters. The van der Waals surface area contributed by atoms with Crippen molar-refractivity contribution >= 4 is 42.1 Å². The van der Waals surface area contributed by atoms with E-state index in [1.807, 2.05) is 40.6 Å². The van der Waals surface area contributed by atoms with Crippen LogP contribution < -0.4 is 5.73 Å². The minimum atomic E-state index is 0. The second-order valence-corrected chi connectivity index (χ2v) is 6.41. The Labute approximate surface area is 152 Å². The van der Waals surface area contributed by atoms with Gasteiger partial charge in [-0.2, -0.15) is 0 Å². The number of thiazole rings is 1. The van der Waals surface area contributed by atoms with Crippen molar-refractivity contribution in [2.24, 2.45) is 11.7 Å². The first kappa shape index (κ1) is 19.9. The monoisotopic (exact) mass is 373 g/mol. The highest BCUT2D eigenvalue weighted by Crippen LogP contribution is 2.27. The zero-order valence-corrected chi connectivity index (χ0v) is 15.3. The molecule has 3 rings (SSSR count). The molecule has 4 nitrogen and oxygen atoms in total. The van der Waals surface area contributed by atoms with Crippen molar-refractivity contribution in [3.63, 3.8) is 0 Å². The SMILES string of the molecule is CC1CC(CN)CN1C(=O)c1csc(-c2ccccc2)n1.Cl.Cl. The zero-order chi connectivity index (χ0) is 14.8. The van der Waals surface area contributed by atoms with Gasteiger partial charge in [0.25, 0.3) is 5.91 Å². The van der Waals surface area contributed by atoms with Gasteiger partial charge in [0.2, 0.25) is 0 Å². The van der Waals surface area contributed by atoms with E-state index in [0.29, 0.717) is 18.2 Å². The van der Waals surface area contributed by atoms with Crippen LogP contribution in [0, 0.1) is 5.92 Å². The molecule has 0 radical (unpaired) electrons. The minimum absolute atomic E-state index is 0. The first-order valence-corrected chi connectivity index (χ1v) is 8.09. The van der Waals surface area contributed by atoms with Crippen molar-refractivity contribution in [3.05, 3.63) is 41.4 Å². The van der Waals surface area contributed by atoms with E-state index < -0.39 is 0 Å². The summed E-state index contributed by atoms with van der Waals surface area (Å²) in [6.07, 6.45) is 0.984. The van der Waals surface area contributed by atoms with Crippen LogP contribution in [0.15, 0.2) is 35.7 Å². The fourth-order valence-electron chi connectivity index (χ4n) is 2.83. The lowest BCUT2D eigenvalue weighted by molar-refractivity contribution is 0.0738. The highest BCUT2D eigenvalue weighted by Gasteiger charge is 2.33. The van der Waals surface area contributed by atoms with Gasteiger partial charge < -0.3 is 10.6 Å². The first-order chi connectivity index (χ1) is 10.2. The highest BCUT2D eigenvalue weighted by atomic mass is 35.5. The molecular weight excluding hydrogens is 353 g/mol. The fraction of sp³-hybridized carbons (Fsp3) is 0.375. The molecule has 1 aliphatic heterocycles. The van der Waals surface area contributed by atoms with Crippen LogP contribution in [-0.2, 0) is 0 Å². The van der Waals surface area contributed by atoms with Crippen molar-refractivity contribution < 1.29 is 4.79 Å². The Morgan fingerprint density at radius 2 is 2.04 bits per heavy atom. The van der Waals surface area contributed by atoms with Crippen molar-refractivity contribution in [2.75, 3.05) is 13.1 Å². The van der Waals surface area contributed by atoms with Gasteiger partial charge in [0.1, 0.15) is 10.7 Å². The largest absolute Gasteiger partial charge is 0.334 e. The number of benzene rings is 1. The molecule has 2 unspecified atom stereocenters. The van der Waals surface area contributed by atoms with E-state index in [-0.39, 0.29) is 36.8 Å². The average Bonchev–Trinajstić information content (AvgIpc) is 3.14. The second kappa shape index (κ2) is 8.64. The molecule has 2 N–H and O–H groups in total. The summed E-state index contributed by atoms with van der Waals surface area (Å²) in [5.74, 6) is 0.438. The number of aromatic nitrogens is 1. The lowest BCUT2D eigenvalue weighted by Crippen LogP contribution is -2.34. The quantitative estimate of drug-likeness (QED) is 0.895. The number of halogens is 2. The van der Waals surface area contributed by atoms with Crippen LogP contribution >= 0.6 is 36.2 Å². The van der Waals surface area contributed by atoms with E-state index in [0.717, 1.165) is 23.5 Å². The van der Waals surface area contributed by atoms with Crippen molar-refractivity contribution in [1.82, 2.24) is 9.88 Å². The predicted molar refractivity (Wildman–Crippen MR) is 99.7 cm³/mol. The van der Waals surface area contributed by atoms with Crippen molar-refractivity contribution in [1.29, 1.82) is 0 Å². The summed E-state index contributed by atoms with van der Waals surface area (Å²) in [4.78, 5) is 19.0. The number of nitrogens with two attached hydrogens (primary N) is 1. The predicted octanol–water partition coefficient (Wildman–Crippen LogP) is 3.46. The summed E-state index contributed by atoms with van der Waals surface area (Å²) in [5, 5.41) is 2.74. The van der Waals surface area contributed by atoms with Crippen LogP contribution in [-0.4, -0.2) is 34.9 Å². The zero-order valence-electron chi connectivity index (χ0n) is 12.8. The smallest absolute Gasteiger partial charge is 0.273 e. The standard InChI is InChI=1S/C16H19N3OS.2ClH/c1-11-7-12(8-17)9-19(11)16(20)14-10-21-15(18-14)13-5-3-2-4-6-13;;/h2-6,10-12H,7-9,17H2,1H3;2*1H. The van der Waals surface area contributed by atoms with Crippen LogP contribution in [0.1, 0.15) is 23.8 Å². The third kappa shape index (κ3) is 4.23. The van der Waals surface area contributed by atoms with Gasteiger partial charge in [-0.25, -0.2) is 4.98 Å². The molecule has 1 aromatic carbocycles. The molecule has 0 aliphatic carbocycles. The number of hydrogen-bond donors (Lipinski definition) is 1. The maximum atomic E-state index is 12.6. The van der Waals surface area contributed by atoms with Crippen LogP contribution in [0.4, 0.5) is 0 Å². The first-order valence-electron chi connectivity index (χ1n) is 7.21. The molecule has 1 aromatic heterocycles. The minimum Gasteiger partial charge on any atom is -0.334 e. The summed E-state index contributed by atoms with van der Waals surface area (Å²) in [7, 11) is 0. The number of carbonyl (C=O) groups is 1. The molecule has 0 bridgehead atoms. The van der Waals surface area contributed by atoms with Crippen molar-refractivity contribution in [3.8, 4) is 10.6 Å². The van der Waals surface area contributed by atoms with Gasteiger partial charge in [-0.15, -0.1) is 36.2 Å². The lowest BCUT2D eigenvalue weighted by Gasteiger charge is -2.20. The number of amides is 1. The molecule has 2 heterocycles. The topological polar surface area (TPSA) is 59.2 Å². The molecule has 1 amide bonds. The average molecular weight is 374 g/mol. The Morgan fingerprint density at radius 1 is 1.35 bits per heavy atom. The molecule has 2 aromatic rings. The second-order valence-electron chi connectivity index (χ2n) is 5.55. The number of nitrogens with zero attached hydrogens (tertiary/aromatic N) is 2. The van der Waals surface area contributed by atoms with E-state index in [4.69, 9.17) is 5.73 Å². The molecule has 1 saturated heterocycles. The Hall–Kier alpha value is -1.14. The molecule has 0 spiro atoms. The van der Waals surface area contributed by atoms with Crippen LogP contribution in [0.3, 0.4) is 0 Å². The summed E-state index contributed by atoms with van der Waals surface area (Å²) in [5.41, 5.74) is 7.32. The molecular formula is C16H21Cl2N3OS. The summed E-state index contributed by atoms with van der Waals surface area (Å²) in [6.45, 7) is 3.47. The number of carbonyl (C=O) groups excluding carboxylic acids is 1. The third-order valence-electron chi connectivity index (χ3n) is 4.00. The van der Waals surface area contributed by atoms with E-state index in [9.17, 15) is 4.79 Å². The van der Waals surface area contributed by atoms with Crippen LogP contribution in [0.25, 0.3) is 10.6 Å². The molecule has 1 fully saturated rings. The van der Waals surface area contributed by atoms with E-state index in [2.05, 4.69) is 11.9 Å². The lowest BCUT2D eigenvalue weighted by atomic mass is 10.1. The van der Waals surface area contributed by atoms with Gasteiger partial charge in [0.05, 0.1) is 0 Å². The fourth-order valence-corrected chi connectivity index (χ4v) is 3.63. The van der Waals surface area contributed by atoms with Gasteiger partial charge in [0.15, 0.2) is 0 Å².